The van der Waals surface area contributed by atoms with Gasteiger partial charge >= 0.3 is 0 Å². The minimum Gasteiger partial charge on any atom is -0.355 e. The summed E-state index contributed by atoms with van der Waals surface area (Å²) >= 11 is 0. The summed E-state index contributed by atoms with van der Waals surface area (Å²) in [6.07, 6.45) is 15.4. The van der Waals surface area contributed by atoms with Gasteiger partial charge in [-0.3, -0.25) is 9.98 Å². The zero-order valence-corrected chi connectivity index (χ0v) is 17.0. The molecular formula is C26H18N6. The highest BCUT2D eigenvalue weighted by Gasteiger charge is 2.08. The van der Waals surface area contributed by atoms with Gasteiger partial charge in [-0.05, 0) is 85.0 Å². The summed E-state index contributed by atoms with van der Waals surface area (Å²) in [5, 5.41) is 0. The molecule has 0 spiro atoms. The molecule has 0 aliphatic carbocycles. The maximum Gasteiger partial charge on any atom is 0.0901 e. The van der Waals surface area contributed by atoms with Crippen molar-refractivity contribution in [2.75, 3.05) is 0 Å². The number of aromatic nitrogens is 4. The second-order valence-corrected chi connectivity index (χ2v) is 7.57. The lowest BCUT2D eigenvalue weighted by atomic mass is 10.3. The summed E-state index contributed by atoms with van der Waals surface area (Å²) in [6, 6.07) is 16.4. The molecule has 0 unspecified atom stereocenters. The van der Waals surface area contributed by atoms with Crippen LogP contribution in [0.15, 0.2) is 82.1 Å². The number of nitrogens with zero attached hydrogens (tertiary/aromatic N) is 4. The van der Waals surface area contributed by atoms with Gasteiger partial charge in [0, 0.05) is 34.5 Å². The number of hydrogen-bond acceptors (Lipinski definition) is 4. The third kappa shape index (κ3) is 3.77. The van der Waals surface area contributed by atoms with Gasteiger partial charge in [-0.15, -0.1) is 0 Å². The molecule has 2 N–H and O–H groups in total. The first-order valence-corrected chi connectivity index (χ1v) is 10.3. The maximum absolute atomic E-state index is 4.63. The number of allylic oxidation sites excluding steroid dienone is 2. The topological polar surface area (TPSA) is 82.1 Å². The van der Waals surface area contributed by atoms with Crippen molar-refractivity contribution in [3.8, 4) is 0 Å². The van der Waals surface area contributed by atoms with E-state index in [4.69, 9.17) is 0 Å². The summed E-state index contributed by atoms with van der Waals surface area (Å²) in [6.45, 7) is 0. The highest BCUT2D eigenvalue weighted by Crippen LogP contribution is 2.20. The van der Waals surface area contributed by atoms with Gasteiger partial charge in [0.05, 0.1) is 34.2 Å². The van der Waals surface area contributed by atoms with Gasteiger partial charge in [0.1, 0.15) is 0 Å². The Balaban J connectivity index is 0.000000205. The summed E-state index contributed by atoms with van der Waals surface area (Å²) in [5.41, 5.74) is 9.84. The van der Waals surface area contributed by atoms with E-state index in [1.807, 2.05) is 60.7 Å². The lowest BCUT2D eigenvalue weighted by molar-refractivity contribution is 1.31. The SMILES string of the molecule is C1=Cc2cc3ccc(cc4nc(cc5ccc(cc1n2)[nH]5)C=C4)[nH]3.C1=NC2=CC=NC2=C1. The average molecular weight is 414 g/mol. The predicted octanol–water partition coefficient (Wildman–Crippen LogP) is 5.58. The van der Waals surface area contributed by atoms with E-state index in [0.717, 1.165) is 56.2 Å². The minimum absolute atomic E-state index is 0.939. The molecule has 7 rings (SSSR count). The van der Waals surface area contributed by atoms with Gasteiger partial charge in [-0.1, -0.05) is 0 Å². The van der Waals surface area contributed by atoms with Crippen LogP contribution in [0.3, 0.4) is 0 Å². The van der Waals surface area contributed by atoms with E-state index >= 15 is 0 Å². The van der Waals surface area contributed by atoms with Crippen molar-refractivity contribution in [1.82, 2.24) is 19.9 Å². The maximum atomic E-state index is 4.63. The largest absolute Gasteiger partial charge is 0.355 e. The highest BCUT2D eigenvalue weighted by atomic mass is 14.9. The third-order valence-corrected chi connectivity index (χ3v) is 5.20. The molecule has 6 nitrogen and oxygen atoms in total. The van der Waals surface area contributed by atoms with Crippen molar-refractivity contribution in [3.63, 3.8) is 0 Å². The summed E-state index contributed by atoms with van der Waals surface area (Å²) < 4.78 is 0. The number of nitrogens with one attached hydrogen (secondary N) is 2. The zero-order chi connectivity index (χ0) is 21.3. The van der Waals surface area contributed by atoms with Crippen molar-refractivity contribution in [1.29, 1.82) is 0 Å². The molecule has 3 aromatic heterocycles. The number of hydrogen-bond donors (Lipinski definition) is 2. The van der Waals surface area contributed by atoms with Gasteiger partial charge in [-0.2, -0.15) is 0 Å². The Morgan fingerprint density at radius 1 is 0.469 bits per heavy atom. The fourth-order valence-electron chi connectivity index (χ4n) is 3.71. The third-order valence-electron chi connectivity index (χ3n) is 5.20. The molecule has 0 saturated carbocycles. The molecule has 0 saturated heterocycles. The highest BCUT2D eigenvalue weighted by molar-refractivity contribution is 5.88. The number of aromatic amines is 2. The lowest BCUT2D eigenvalue weighted by Crippen LogP contribution is -1.75. The Hall–Kier alpha value is -4.58. The first-order chi connectivity index (χ1) is 15.8. The van der Waals surface area contributed by atoms with Crippen LogP contribution < -0.4 is 0 Å². The second-order valence-electron chi connectivity index (χ2n) is 7.57. The van der Waals surface area contributed by atoms with E-state index in [9.17, 15) is 0 Å². The monoisotopic (exact) mass is 414 g/mol. The van der Waals surface area contributed by atoms with Crippen molar-refractivity contribution >= 4 is 58.8 Å². The van der Waals surface area contributed by atoms with Crippen LogP contribution in [0, 0.1) is 0 Å². The van der Waals surface area contributed by atoms with Crippen LogP contribution in [0.1, 0.15) is 22.8 Å². The van der Waals surface area contributed by atoms with Gasteiger partial charge < -0.3 is 9.97 Å². The molecule has 0 amide bonds. The first-order valence-electron chi connectivity index (χ1n) is 10.3. The van der Waals surface area contributed by atoms with Crippen LogP contribution in [-0.2, 0) is 0 Å². The van der Waals surface area contributed by atoms with Crippen molar-refractivity contribution in [2.45, 2.75) is 0 Å². The van der Waals surface area contributed by atoms with E-state index in [2.05, 4.69) is 54.2 Å². The second kappa shape index (κ2) is 7.59. The van der Waals surface area contributed by atoms with E-state index in [0.29, 0.717) is 0 Å². The Morgan fingerprint density at radius 3 is 1.16 bits per heavy atom. The normalized spacial score (nSPS) is 14.8. The Morgan fingerprint density at radius 2 is 0.812 bits per heavy atom. The summed E-state index contributed by atoms with van der Waals surface area (Å²) in [7, 11) is 0. The van der Waals surface area contributed by atoms with E-state index in [-0.39, 0.29) is 0 Å². The standard InChI is InChI=1S/C20H14N4.C6H4N2/c1-2-14-10-16-5-6-18(23-16)12-20-8-7-19(24-20)11-17-4-3-15(22-17)9-13(1)21-14;1-3-7-6-2-4-8-5(1)6/h1-12,21,24H;1-4H. The Kier molecular flexibility index (Phi) is 4.32. The molecule has 4 aliphatic rings. The van der Waals surface area contributed by atoms with Crippen molar-refractivity contribution in [2.24, 2.45) is 9.98 Å². The molecule has 152 valence electrons. The van der Waals surface area contributed by atoms with Gasteiger partial charge in [-0.25, -0.2) is 9.97 Å². The van der Waals surface area contributed by atoms with E-state index in [1.54, 1.807) is 12.4 Å². The van der Waals surface area contributed by atoms with Crippen molar-refractivity contribution in [3.05, 3.63) is 94.9 Å². The first kappa shape index (κ1) is 18.2. The fraction of sp³-hybridized carbons (Fsp3) is 0. The number of rotatable bonds is 0. The molecule has 7 heterocycles. The molecule has 0 aromatic carbocycles. The van der Waals surface area contributed by atoms with Gasteiger partial charge in [0.2, 0.25) is 0 Å². The fourth-order valence-corrected chi connectivity index (χ4v) is 3.71. The molecular weight excluding hydrogens is 396 g/mol. The summed E-state index contributed by atoms with van der Waals surface area (Å²) in [4.78, 5) is 24.1. The average Bonchev–Trinajstić information content (AvgIpc) is 3.56. The molecule has 0 atom stereocenters. The predicted molar refractivity (Wildman–Crippen MR) is 132 cm³/mol. The van der Waals surface area contributed by atoms with Gasteiger partial charge in [0.15, 0.2) is 0 Å². The zero-order valence-electron chi connectivity index (χ0n) is 17.0. The number of H-pyrrole nitrogens is 2. The molecule has 32 heavy (non-hydrogen) atoms. The smallest absolute Gasteiger partial charge is 0.0901 e. The van der Waals surface area contributed by atoms with Crippen LogP contribution in [-0.4, -0.2) is 32.4 Å². The lowest BCUT2D eigenvalue weighted by Gasteiger charge is -1.85. The molecule has 4 aliphatic heterocycles. The Labute approximate surface area is 183 Å². The number of fused-ring (bicyclic) bond motifs is 9. The molecule has 3 aromatic rings. The molecule has 8 bridgehead atoms. The quantitative estimate of drug-likeness (QED) is 0.347. The molecule has 6 heteroatoms. The van der Waals surface area contributed by atoms with Gasteiger partial charge in [0.25, 0.3) is 0 Å². The summed E-state index contributed by atoms with van der Waals surface area (Å²) in [5.74, 6) is 0. The van der Waals surface area contributed by atoms with Crippen LogP contribution in [0.2, 0.25) is 0 Å². The van der Waals surface area contributed by atoms with Crippen LogP contribution in [0.25, 0.3) is 46.4 Å². The van der Waals surface area contributed by atoms with Crippen LogP contribution in [0.4, 0.5) is 0 Å². The molecule has 0 fully saturated rings. The van der Waals surface area contributed by atoms with E-state index < -0.39 is 0 Å². The van der Waals surface area contributed by atoms with Crippen LogP contribution >= 0.6 is 0 Å². The Bertz CT molecular complexity index is 1370. The molecule has 0 radical (unpaired) electrons. The van der Waals surface area contributed by atoms with E-state index in [1.165, 1.54) is 0 Å². The van der Waals surface area contributed by atoms with Crippen molar-refractivity contribution < 1.29 is 0 Å². The number of aliphatic imine (C=N–C) groups is 2. The van der Waals surface area contributed by atoms with Crippen LogP contribution in [0.5, 0.6) is 0 Å². The minimum atomic E-state index is 0.939.